The first-order valence-electron chi connectivity index (χ1n) is 8.58. The van der Waals surface area contributed by atoms with Crippen molar-refractivity contribution in [3.8, 4) is 0 Å². The van der Waals surface area contributed by atoms with Gasteiger partial charge in [-0.15, -0.1) is 0 Å². The van der Waals surface area contributed by atoms with E-state index in [1.807, 2.05) is 4.90 Å². The highest BCUT2D eigenvalue weighted by molar-refractivity contribution is 5.76. The lowest BCUT2D eigenvalue weighted by atomic mass is 10.1. The molecular weight excluding hydrogens is 264 g/mol. The molecule has 0 saturated carbocycles. The topological polar surface area (TPSA) is 38.8 Å². The van der Waals surface area contributed by atoms with Crippen LogP contribution in [0.15, 0.2) is 0 Å². The predicted octanol–water partition coefficient (Wildman–Crippen LogP) is 0.472. The Balaban J connectivity index is 1.62. The van der Waals surface area contributed by atoms with E-state index in [2.05, 4.69) is 29.1 Å². The molecule has 2 heterocycles. The maximum atomic E-state index is 12.2. The van der Waals surface area contributed by atoms with E-state index < -0.39 is 0 Å². The highest BCUT2D eigenvalue weighted by atomic mass is 16.2. The number of nitrogens with zero attached hydrogens (tertiary/aromatic N) is 3. The van der Waals surface area contributed by atoms with Crippen LogP contribution in [-0.4, -0.2) is 86.6 Å². The quantitative estimate of drug-likeness (QED) is 0.741. The van der Waals surface area contributed by atoms with E-state index in [-0.39, 0.29) is 0 Å². The third-order valence-corrected chi connectivity index (χ3v) is 4.66. The predicted molar refractivity (Wildman–Crippen MR) is 86.4 cm³/mol. The molecule has 0 aromatic rings. The molecular formula is C16H32N4O. The Hall–Kier alpha value is -0.650. The molecule has 2 saturated heterocycles. The van der Waals surface area contributed by atoms with Gasteiger partial charge in [-0.2, -0.15) is 0 Å². The zero-order valence-corrected chi connectivity index (χ0v) is 13.8. The number of rotatable bonds is 7. The van der Waals surface area contributed by atoms with Crippen molar-refractivity contribution in [3.05, 3.63) is 0 Å². The highest BCUT2D eigenvalue weighted by Crippen LogP contribution is 2.17. The number of nitrogens with one attached hydrogen (secondary N) is 1. The fourth-order valence-corrected chi connectivity index (χ4v) is 3.50. The van der Waals surface area contributed by atoms with E-state index in [0.717, 1.165) is 38.6 Å². The average molecular weight is 296 g/mol. The molecule has 2 aliphatic heterocycles. The van der Waals surface area contributed by atoms with Crippen molar-refractivity contribution in [2.75, 3.05) is 66.0 Å². The molecule has 2 fully saturated rings. The molecule has 0 aromatic carbocycles. The Morgan fingerprint density at radius 1 is 1.29 bits per heavy atom. The van der Waals surface area contributed by atoms with Crippen LogP contribution in [0, 0.1) is 5.92 Å². The lowest BCUT2D eigenvalue weighted by molar-refractivity contribution is -0.132. The summed E-state index contributed by atoms with van der Waals surface area (Å²) in [5.74, 6) is 1.12. The van der Waals surface area contributed by atoms with Gasteiger partial charge in [0.2, 0.25) is 5.91 Å². The van der Waals surface area contributed by atoms with Gasteiger partial charge in [0, 0.05) is 52.2 Å². The fraction of sp³-hybridized carbons (Fsp3) is 0.938. The number of hydrogen-bond donors (Lipinski definition) is 1. The first kappa shape index (κ1) is 16.7. The third-order valence-electron chi connectivity index (χ3n) is 4.66. The Labute approximate surface area is 129 Å². The van der Waals surface area contributed by atoms with E-state index in [1.54, 1.807) is 0 Å². The summed E-state index contributed by atoms with van der Waals surface area (Å²) in [7, 11) is 2.22. The fourth-order valence-electron chi connectivity index (χ4n) is 3.50. The van der Waals surface area contributed by atoms with E-state index in [1.165, 1.54) is 39.0 Å². The van der Waals surface area contributed by atoms with Gasteiger partial charge in [-0.1, -0.05) is 6.92 Å². The second kappa shape index (κ2) is 8.71. The van der Waals surface area contributed by atoms with Crippen molar-refractivity contribution in [1.82, 2.24) is 20.0 Å². The van der Waals surface area contributed by atoms with Crippen molar-refractivity contribution < 1.29 is 4.79 Å². The zero-order valence-electron chi connectivity index (χ0n) is 13.8. The second-order valence-electron chi connectivity index (χ2n) is 6.60. The van der Waals surface area contributed by atoms with Gasteiger partial charge in [-0.25, -0.2) is 0 Å². The monoisotopic (exact) mass is 296 g/mol. The van der Waals surface area contributed by atoms with Crippen LogP contribution in [-0.2, 0) is 4.79 Å². The number of likely N-dealkylation sites (tertiary alicyclic amines) is 1. The largest absolute Gasteiger partial charge is 0.340 e. The Kier molecular flexibility index (Phi) is 6.93. The maximum Gasteiger partial charge on any atom is 0.223 e. The van der Waals surface area contributed by atoms with Gasteiger partial charge < -0.3 is 20.0 Å². The summed E-state index contributed by atoms with van der Waals surface area (Å²) < 4.78 is 0. The van der Waals surface area contributed by atoms with Crippen LogP contribution in [0.1, 0.15) is 26.2 Å². The van der Waals surface area contributed by atoms with Gasteiger partial charge in [0.15, 0.2) is 0 Å². The maximum absolute atomic E-state index is 12.2. The van der Waals surface area contributed by atoms with Crippen LogP contribution in [0.4, 0.5) is 0 Å². The summed E-state index contributed by atoms with van der Waals surface area (Å²) in [6, 6.07) is 0. The summed E-state index contributed by atoms with van der Waals surface area (Å²) in [4.78, 5) is 19.1. The summed E-state index contributed by atoms with van der Waals surface area (Å²) in [5.41, 5.74) is 0. The minimum absolute atomic E-state index is 0.336. The smallest absolute Gasteiger partial charge is 0.223 e. The Bertz CT molecular complexity index is 317. The molecule has 1 amide bonds. The van der Waals surface area contributed by atoms with E-state index in [4.69, 9.17) is 0 Å². The molecule has 2 aliphatic rings. The second-order valence-corrected chi connectivity index (χ2v) is 6.60. The first-order valence-corrected chi connectivity index (χ1v) is 8.58. The molecule has 0 aliphatic carbocycles. The van der Waals surface area contributed by atoms with E-state index in [0.29, 0.717) is 12.3 Å². The van der Waals surface area contributed by atoms with Gasteiger partial charge in [0.1, 0.15) is 0 Å². The van der Waals surface area contributed by atoms with Gasteiger partial charge >= 0.3 is 0 Å². The summed E-state index contributed by atoms with van der Waals surface area (Å²) in [6.07, 6.45) is 3.21. The third kappa shape index (κ3) is 5.57. The molecule has 1 N–H and O–H groups in total. The molecule has 1 unspecified atom stereocenters. The lowest BCUT2D eigenvalue weighted by Crippen LogP contribution is -2.47. The zero-order chi connectivity index (χ0) is 15.1. The Morgan fingerprint density at radius 2 is 2.05 bits per heavy atom. The number of carbonyl (C=O) groups excluding carboxylic acids is 1. The standard InChI is InChI=1S/C16H32N4O/c1-3-8-18(2)13-15-4-9-19(14-15)10-5-16(21)20-11-6-17-7-12-20/h15,17H,3-14H2,1-2H3. The number of carbonyl (C=O) groups is 1. The van der Waals surface area contributed by atoms with Crippen molar-refractivity contribution in [2.45, 2.75) is 26.2 Å². The number of hydrogen-bond acceptors (Lipinski definition) is 4. The molecule has 0 spiro atoms. The molecule has 0 aromatic heterocycles. The molecule has 0 bridgehead atoms. The number of piperazine rings is 1. The lowest BCUT2D eigenvalue weighted by Gasteiger charge is -2.28. The Morgan fingerprint density at radius 3 is 2.76 bits per heavy atom. The van der Waals surface area contributed by atoms with Gasteiger partial charge in [-0.3, -0.25) is 4.79 Å². The van der Waals surface area contributed by atoms with Gasteiger partial charge in [-0.05, 0) is 38.9 Å². The minimum Gasteiger partial charge on any atom is -0.340 e. The molecule has 21 heavy (non-hydrogen) atoms. The first-order chi connectivity index (χ1) is 10.2. The van der Waals surface area contributed by atoms with Crippen molar-refractivity contribution in [1.29, 1.82) is 0 Å². The van der Waals surface area contributed by atoms with Crippen LogP contribution in [0.5, 0.6) is 0 Å². The summed E-state index contributed by atoms with van der Waals surface area (Å²) >= 11 is 0. The van der Waals surface area contributed by atoms with E-state index in [9.17, 15) is 4.79 Å². The minimum atomic E-state index is 0.336. The van der Waals surface area contributed by atoms with Crippen LogP contribution in [0.2, 0.25) is 0 Å². The summed E-state index contributed by atoms with van der Waals surface area (Å²) in [5, 5.41) is 3.29. The van der Waals surface area contributed by atoms with E-state index >= 15 is 0 Å². The summed E-state index contributed by atoms with van der Waals surface area (Å²) in [6.45, 7) is 11.6. The van der Waals surface area contributed by atoms with Crippen LogP contribution >= 0.6 is 0 Å². The molecule has 5 heteroatoms. The van der Waals surface area contributed by atoms with Crippen LogP contribution < -0.4 is 5.32 Å². The molecule has 0 radical (unpaired) electrons. The van der Waals surface area contributed by atoms with Gasteiger partial charge in [0.25, 0.3) is 0 Å². The van der Waals surface area contributed by atoms with Crippen LogP contribution in [0.3, 0.4) is 0 Å². The average Bonchev–Trinajstić information content (AvgIpc) is 2.93. The highest BCUT2D eigenvalue weighted by Gasteiger charge is 2.24. The normalized spacial score (nSPS) is 24.0. The number of amides is 1. The molecule has 122 valence electrons. The van der Waals surface area contributed by atoms with Crippen molar-refractivity contribution in [2.24, 2.45) is 5.92 Å². The van der Waals surface area contributed by atoms with Crippen molar-refractivity contribution >= 4 is 5.91 Å². The van der Waals surface area contributed by atoms with Crippen LogP contribution in [0.25, 0.3) is 0 Å². The SMILES string of the molecule is CCCN(C)CC1CCN(CCC(=O)N2CCNCC2)C1. The molecule has 2 rings (SSSR count). The van der Waals surface area contributed by atoms with Crippen molar-refractivity contribution in [3.63, 3.8) is 0 Å². The molecule has 1 atom stereocenters. The molecule has 5 nitrogen and oxygen atoms in total. The van der Waals surface area contributed by atoms with Gasteiger partial charge in [0.05, 0.1) is 0 Å².